The Hall–Kier alpha value is -2.14. The van der Waals surface area contributed by atoms with E-state index < -0.39 is 0 Å². The maximum Gasteiger partial charge on any atom is 0.164 e. The van der Waals surface area contributed by atoms with E-state index in [4.69, 9.17) is 10.6 Å². The summed E-state index contributed by atoms with van der Waals surface area (Å²) in [6.07, 6.45) is 6.96. The molecule has 2 N–H and O–H groups in total. The van der Waals surface area contributed by atoms with Gasteiger partial charge < -0.3 is 15.1 Å². The van der Waals surface area contributed by atoms with E-state index in [9.17, 15) is 0 Å². The van der Waals surface area contributed by atoms with Gasteiger partial charge in [-0.05, 0) is 23.6 Å². The second-order valence-corrected chi connectivity index (χ2v) is 4.89. The molecule has 0 aliphatic carbocycles. The van der Waals surface area contributed by atoms with E-state index in [1.165, 1.54) is 0 Å². The van der Waals surface area contributed by atoms with Crippen molar-refractivity contribution in [2.24, 2.45) is 16.8 Å². The summed E-state index contributed by atoms with van der Waals surface area (Å²) in [5.41, 5.74) is 7.80. The first kappa shape index (κ1) is 14.3. The Morgan fingerprint density at radius 1 is 1.35 bits per heavy atom. The smallest absolute Gasteiger partial charge is 0.164 e. The number of benzene rings is 1. The predicted octanol–water partition coefficient (Wildman–Crippen LogP) is 2.53. The van der Waals surface area contributed by atoms with E-state index in [0.717, 1.165) is 11.3 Å². The highest BCUT2D eigenvalue weighted by atomic mass is 16.6. The molecule has 5 heteroatoms. The lowest BCUT2D eigenvalue weighted by Crippen LogP contribution is -2.14. The number of hydrogen-bond donors (Lipinski definition) is 1. The molecule has 2 aromatic rings. The maximum absolute atomic E-state index is 5.74. The van der Waals surface area contributed by atoms with Crippen molar-refractivity contribution >= 4 is 6.21 Å². The molecule has 106 valence electrons. The molecule has 1 aromatic carbocycles. The summed E-state index contributed by atoms with van der Waals surface area (Å²) in [5, 5.41) is 3.97. The van der Waals surface area contributed by atoms with Crippen molar-refractivity contribution in [2.45, 2.75) is 20.0 Å². The highest BCUT2D eigenvalue weighted by Gasteiger charge is 2.10. The van der Waals surface area contributed by atoms with Crippen molar-refractivity contribution in [3.05, 3.63) is 48.5 Å². The molecule has 0 aliphatic heterocycles. The summed E-state index contributed by atoms with van der Waals surface area (Å²) in [4.78, 5) is 9.47. The van der Waals surface area contributed by atoms with Gasteiger partial charge in [0.2, 0.25) is 0 Å². The van der Waals surface area contributed by atoms with Crippen molar-refractivity contribution < 1.29 is 4.84 Å². The number of rotatable bonds is 6. The molecule has 20 heavy (non-hydrogen) atoms. The van der Waals surface area contributed by atoms with Crippen LogP contribution < -0.4 is 5.73 Å². The van der Waals surface area contributed by atoms with Crippen LogP contribution >= 0.6 is 0 Å². The molecule has 0 saturated heterocycles. The fraction of sp³-hybridized carbons (Fsp3) is 0.333. The number of hydrogen-bond acceptors (Lipinski definition) is 4. The summed E-state index contributed by atoms with van der Waals surface area (Å²) < 4.78 is 1.94. The average molecular weight is 272 g/mol. The molecule has 1 aromatic heterocycles. The van der Waals surface area contributed by atoms with Gasteiger partial charge in [0.25, 0.3) is 0 Å². The van der Waals surface area contributed by atoms with Crippen LogP contribution in [0.4, 0.5) is 0 Å². The summed E-state index contributed by atoms with van der Waals surface area (Å²) in [6, 6.07) is 8.01. The molecule has 0 spiro atoms. The van der Waals surface area contributed by atoms with Crippen LogP contribution in [0.3, 0.4) is 0 Å². The van der Waals surface area contributed by atoms with Gasteiger partial charge in [0, 0.05) is 30.8 Å². The predicted molar refractivity (Wildman–Crippen MR) is 79.8 cm³/mol. The van der Waals surface area contributed by atoms with Gasteiger partial charge >= 0.3 is 0 Å². The van der Waals surface area contributed by atoms with E-state index in [-0.39, 0.29) is 6.10 Å². The van der Waals surface area contributed by atoms with Crippen molar-refractivity contribution in [1.82, 2.24) is 9.55 Å². The minimum Gasteiger partial charge on any atom is -0.387 e. The molecule has 0 saturated carbocycles. The second-order valence-electron chi connectivity index (χ2n) is 4.89. The Kier molecular flexibility index (Phi) is 4.90. The molecule has 0 bridgehead atoms. The zero-order valence-corrected chi connectivity index (χ0v) is 11.8. The lowest BCUT2D eigenvalue weighted by molar-refractivity contribution is 0.0651. The van der Waals surface area contributed by atoms with Gasteiger partial charge in [-0.3, -0.25) is 0 Å². The summed E-state index contributed by atoms with van der Waals surface area (Å²) in [5.74, 6) is 0.358. The number of aromatic nitrogens is 2. The van der Waals surface area contributed by atoms with Gasteiger partial charge in [-0.15, -0.1) is 0 Å². The van der Waals surface area contributed by atoms with E-state index in [1.807, 2.05) is 48.9 Å². The molecule has 1 heterocycles. The van der Waals surface area contributed by atoms with Gasteiger partial charge in [0.1, 0.15) is 0 Å². The van der Waals surface area contributed by atoms with E-state index in [1.54, 1.807) is 18.7 Å². The number of oxime groups is 1. The Balaban J connectivity index is 2.07. The summed E-state index contributed by atoms with van der Waals surface area (Å²) >= 11 is 0. The van der Waals surface area contributed by atoms with Crippen molar-refractivity contribution in [3.63, 3.8) is 0 Å². The van der Waals surface area contributed by atoms with Crippen molar-refractivity contribution in [3.8, 4) is 5.69 Å². The molecule has 2 rings (SSSR count). The van der Waals surface area contributed by atoms with Gasteiger partial charge in [-0.2, -0.15) is 0 Å². The molecule has 0 radical (unpaired) electrons. The van der Waals surface area contributed by atoms with Crippen LogP contribution in [0.25, 0.3) is 5.69 Å². The molecule has 5 nitrogen and oxygen atoms in total. The quantitative estimate of drug-likeness (QED) is 0.649. The Bertz CT molecular complexity index is 532. The Morgan fingerprint density at radius 3 is 2.65 bits per heavy atom. The minimum atomic E-state index is -0.221. The van der Waals surface area contributed by atoms with Crippen LogP contribution in [0.5, 0.6) is 0 Å². The first-order valence-corrected chi connectivity index (χ1v) is 6.68. The number of nitrogens with two attached hydrogens (primary N) is 1. The average Bonchev–Trinajstić information content (AvgIpc) is 2.98. The fourth-order valence-corrected chi connectivity index (χ4v) is 1.74. The fourth-order valence-electron chi connectivity index (χ4n) is 1.74. The third-order valence-corrected chi connectivity index (χ3v) is 2.83. The number of imidazole rings is 1. The van der Waals surface area contributed by atoms with Gasteiger partial charge in [-0.1, -0.05) is 31.1 Å². The molecular formula is C15H20N4O. The van der Waals surface area contributed by atoms with Crippen LogP contribution in [0.15, 0.2) is 48.1 Å². The standard InChI is InChI=1S/C15H20N4O/c1-12(2)10-18-20-15(9-16)13-3-5-14(6-4-13)19-8-7-17-11-19/h3-8,10-12,15H,9,16H2,1-2H3. The first-order chi connectivity index (χ1) is 9.70. The lowest BCUT2D eigenvalue weighted by Gasteiger charge is -2.14. The van der Waals surface area contributed by atoms with Crippen molar-refractivity contribution in [1.29, 1.82) is 0 Å². The third kappa shape index (κ3) is 3.68. The molecule has 1 atom stereocenters. The second kappa shape index (κ2) is 6.86. The van der Waals surface area contributed by atoms with E-state index in [0.29, 0.717) is 12.5 Å². The van der Waals surface area contributed by atoms with Crippen LogP contribution in [-0.4, -0.2) is 22.3 Å². The van der Waals surface area contributed by atoms with Gasteiger partial charge in [-0.25, -0.2) is 4.98 Å². The normalized spacial score (nSPS) is 13.0. The van der Waals surface area contributed by atoms with Crippen molar-refractivity contribution in [2.75, 3.05) is 6.54 Å². The third-order valence-electron chi connectivity index (χ3n) is 2.83. The Morgan fingerprint density at radius 2 is 2.10 bits per heavy atom. The highest BCUT2D eigenvalue weighted by molar-refractivity contribution is 5.58. The summed E-state index contributed by atoms with van der Waals surface area (Å²) in [6.45, 7) is 4.48. The maximum atomic E-state index is 5.74. The topological polar surface area (TPSA) is 65.4 Å². The largest absolute Gasteiger partial charge is 0.387 e. The van der Waals surface area contributed by atoms with Crippen LogP contribution in [0.2, 0.25) is 0 Å². The first-order valence-electron chi connectivity index (χ1n) is 6.68. The number of nitrogens with zero attached hydrogens (tertiary/aromatic N) is 3. The van der Waals surface area contributed by atoms with Crippen LogP contribution in [-0.2, 0) is 4.84 Å². The zero-order valence-electron chi connectivity index (χ0n) is 11.8. The van der Waals surface area contributed by atoms with Crippen LogP contribution in [0.1, 0.15) is 25.5 Å². The highest BCUT2D eigenvalue weighted by Crippen LogP contribution is 2.18. The van der Waals surface area contributed by atoms with Gasteiger partial charge in [0.05, 0.1) is 6.33 Å². The zero-order chi connectivity index (χ0) is 14.4. The van der Waals surface area contributed by atoms with Crippen LogP contribution in [0, 0.1) is 5.92 Å². The molecular weight excluding hydrogens is 252 g/mol. The molecule has 0 aliphatic rings. The molecule has 0 amide bonds. The van der Waals surface area contributed by atoms with E-state index >= 15 is 0 Å². The minimum absolute atomic E-state index is 0.221. The molecule has 1 unspecified atom stereocenters. The van der Waals surface area contributed by atoms with Gasteiger partial charge in [0.15, 0.2) is 6.10 Å². The monoisotopic (exact) mass is 272 g/mol. The SMILES string of the molecule is CC(C)C=NOC(CN)c1ccc(-n2ccnc2)cc1. The molecule has 0 fully saturated rings. The lowest BCUT2D eigenvalue weighted by atomic mass is 10.1. The van der Waals surface area contributed by atoms with E-state index in [2.05, 4.69) is 10.1 Å². The Labute approximate surface area is 119 Å². The summed E-state index contributed by atoms with van der Waals surface area (Å²) in [7, 11) is 0.